The number of hydrogen-bond acceptors (Lipinski definition) is 7. The van der Waals surface area contributed by atoms with Crippen molar-refractivity contribution in [2.45, 2.75) is 56.2 Å². The lowest BCUT2D eigenvalue weighted by molar-refractivity contribution is -0.168. The van der Waals surface area contributed by atoms with E-state index in [1.165, 1.54) is 0 Å². The van der Waals surface area contributed by atoms with Crippen molar-refractivity contribution in [2.24, 2.45) is 0 Å². The Labute approximate surface area is 149 Å². The van der Waals surface area contributed by atoms with Gasteiger partial charge in [0.25, 0.3) is 6.23 Å². The van der Waals surface area contributed by atoms with Gasteiger partial charge in [-0.2, -0.15) is 11.8 Å². The minimum atomic E-state index is -1.42. The lowest BCUT2D eigenvalue weighted by Crippen LogP contribution is -2.44. The third kappa shape index (κ3) is 5.52. The molecule has 4 unspecified atom stereocenters. The molecule has 0 spiro atoms. The number of thioether (sulfide) groups is 1. The smallest absolute Gasteiger partial charge is 0.368 e. The highest BCUT2D eigenvalue weighted by molar-refractivity contribution is 8.00. The fourth-order valence-corrected chi connectivity index (χ4v) is 4.45. The van der Waals surface area contributed by atoms with Gasteiger partial charge in [-0.05, 0) is 12.8 Å². The lowest BCUT2D eigenvalue weighted by Gasteiger charge is -2.17. The first-order valence-corrected chi connectivity index (χ1v) is 9.18. The fraction of sp³-hybridized carbons (Fsp3) is 0.733. The maximum Gasteiger partial charge on any atom is 0.368 e. The average Bonchev–Trinajstić information content (AvgIpc) is 3.09. The average molecular weight is 373 g/mol. The van der Waals surface area contributed by atoms with Crippen molar-refractivity contribution in [3.8, 4) is 0 Å². The molecule has 0 saturated carbocycles. The molecule has 3 N–H and O–H groups in total. The maximum absolute atomic E-state index is 11.9. The fourth-order valence-electron chi connectivity index (χ4n) is 2.90. The highest BCUT2D eigenvalue weighted by Gasteiger charge is 2.42. The second kappa shape index (κ2) is 8.93. The van der Waals surface area contributed by atoms with Gasteiger partial charge in [0.05, 0.1) is 19.2 Å². The standard InChI is InChI=1S/C15H23N3O6S/c1-8(19)24-13(14(21)23-2)17-11(20)6-4-3-5-10-12-9(7-25-10)16-15(22)18-12/h9-10,12-13H,3-7H2,1-2H3,(H,17,20)(H2,16,18,22). The number of urea groups is 1. The number of carbonyl (C=O) groups is 4. The van der Waals surface area contributed by atoms with E-state index in [4.69, 9.17) is 4.74 Å². The number of amides is 3. The number of fused-ring (bicyclic) bond motifs is 1. The van der Waals surface area contributed by atoms with Crippen LogP contribution >= 0.6 is 11.8 Å². The first-order chi connectivity index (χ1) is 11.9. The summed E-state index contributed by atoms with van der Waals surface area (Å²) in [6.45, 7) is 1.14. The molecular weight excluding hydrogens is 350 g/mol. The first kappa shape index (κ1) is 19.4. The number of nitrogens with one attached hydrogen (secondary N) is 3. The topological polar surface area (TPSA) is 123 Å². The summed E-state index contributed by atoms with van der Waals surface area (Å²) in [6, 6.07) is 0.230. The molecular formula is C15H23N3O6S. The van der Waals surface area contributed by atoms with Crippen molar-refractivity contribution < 1.29 is 28.7 Å². The molecule has 2 heterocycles. The van der Waals surface area contributed by atoms with E-state index in [9.17, 15) is 19.2 Å². The van der Waals surface area contributed by atoms with Gasteiger partial charge in [0, 0.05) is 24.3 Å². The predicted octanol–water partition coefficient (Wildman–Crippen LogP) is -0.109. The van der Waals surface area contributed by atoms with Gasteiger partial charge in [-0.25, -0.2) is 9.59 Å². The molecule has 140 valence electrons. The zero-order valence-electron chi connectivity index (χ0n) is 14.2. The van der Waals surface area contributed by atoms with Crippen LogP contribution in [0.3, 0.4) is 0 Å². The van der Waals surface area contributed by atoms with Gasteiger partial charge in [0.15, 0.2) is 0 Å². The number of carbonyl (C=O) groups excluding carboxylic acids is 4. The quantitative estimate of drug-likeness (QED) is 0.235. The van der Waals surface area contributed by atoms with Crippen molar-refractivity contribution in [1.29, 1.82) is 0 Å². The van der Waals surface area contributed by atoms with Crippen molar-refractivity contribution in [3.63, 3.8) is 0 Å². The highest BCUT2D eigenvalue weighted by atomic mass is 32.2. The van der Waals surface area contributed by atoms with Gasteiger partial charge in [0.2, 0.25) is 5.91 Å². The van der Waals surface area contributed by atoms with Crippen LogP contribution in [-0.2, 0) is 23.9 Å². The van der Waals surface area contributed by atoms with E-state index < -0.39 is 18.2 Å². The molecule has 3 amide bonds. The van der Waals surface area contributed by atoms with Crippen LogP contribution in [-0.4, -0.2) is 60.3 Å². The molecule has 25 heavy (non-hydrogen) atoms. The van der Waals surface area contributed by atoms with E-state index >= 15 is 0 Å². The molecule has 2 aliphatic heterocycles. The Kier molecular flexibility index (Phi) is 6.91. The Morgan fingerprint density at radius 1 is 1.32 bits per heavy atom. The molecule has 0 aromatic heterocycles. The molecule has 9 nitrogen and oxygen atoms in total. The number of methoxy groups -OCH3 is 1. The van der Waals surface area contributed by atoms with Gasteiger partial charge in [-0.15, -0.1) is 0 Å². The third-order valence-electron chi connectivity index (χ3n) is 4.07. The second-order valence-electron chi connectivity index (χ2n) is 5.95. The molecule has 0 aliphatic carbocycles. The summed E-state index contributed by atoms with van der Waals surface area (Å²) < 4.78 is 9.20. The monoisotopic (exact) mass is 373 g/mol. The molecule has 0 radical (unpaired) electrons. The highest BCUT2D eigenvalue weighted by Crippen LogP contribution is 2.33. The largest absolute Gasteiger partial charge is 0.465 e. The van der Waals surface area contributed by atoms with E-state index in [0.717, 1.165) is 32.6 Å². The van der Waals surface area contributed by atoms with Crippen molar-refractivity contribution in [1.82, 2.24) is 16.0 Å². The summed E-state index contributed by atoms with van der Waals surface area (Å²) in [5.41, 5.74) is 0. The summed E-state index contributed by atoms with van der Waals surface area (Å²) in [7, 11) is 1.15. The first-order valence-electron chi connectivity index (χ1n) is 8.13. The molecule has 0 aromatic carbocycles. The summed E-state index contributed by atoms with van der Waals surface area (Å²) >= 11 is 1.82. The SMILES string of the molecule is COC(=O)C(NC(=O)CCCCC1SCC2NC(=O)NC21)OC(C)=O. The molecule has 2 fully saturated rings. The molecule has 4 atom stereocenters. The second-order valence-corrected chi connectivity index (χ2v) is 7.22. The minimum absolute atomic E-state index is 0.112. The van der Waals surface area contributed by atoms with Crippen LogP contribution in [0.25, 0.3) is 0 Å². The van der Waals surface area contributed by atoms with Crippen LogP contribution in [0.5, 0.6) is 0 Å². The van der Waals surface area contributed by atoms with E-state index in [2.05, 4.69) is 20.7 Å². The zero-order chi connectivity index (χ0) is 18.4. The Morgan fingerprint density at radius 3 is 2.76 bits per heavy atom. The normalized spacial score (nSPS) is 25.4. The van der Waals surface area contributed by atoms with Crippen LogP contribution in [0.1, 0.15) is 32.6 Å². The summed E-state index contributed by atoms with van der Waals surface area (Å²) in [5.74, 6) is -1.00. The minimum Gasteiger partial charge on any atom is -0.465 e. The van der Waals surface area contributed by atoms with Gasteiger partial charge >= 0.3 is 18.0 Å². The van der Waals surface area contributed by atoms with Crippen LogP contribution in [0.4, 0.5) is 4.79 Å². The van der Waals surface area contributed by atoms with E-state index in [1.54, 1.807) is 0 Å². The van der Waals surface area contributed by atoms with E-state index in [-0.39, 0.29) is 30.4 Å². The Balaban J connectivity index is 1.67. The summed E-state index contributed by atoms with van der Waals surface area (Å²) in [4.78, 5) is 45.6. The molecule has 0 bridgehead atoms. The van der Waals surface area contributed by atoms with Crippen LogP contribution in [0, 0.1) is 0 Å². The van der Waals surface area contributed by atoms with Crippen molar-refractivity contribution in [2.75, 3.05) is 12.9 Å². The van der Waals surface area contributed by atoms with Gasteiger partial charge in [-0.1, -0.05) is 6.42 Å². The zero-order valence-corrected chi connectivity index (χ0v) is 15.0. The number of rotatable bonds is 8. The van der Waals surface area contributed by atoms with Crippen LogP contribution in [0.15, 0.2) is 0 Å². The predicted molar refractivity (Wildman–Crippen MR) is 89.7 cm³/mol. The lowest BCUT2D eigenvalue weighted by atomic mass is 10.0. The van der Waals surface area contributed by atoms with E-state index in [0.29, 0.717) is 11.7 Å². The van der Waals surface area contributed by atoms with Gasteiger partial charge in [0.1, 0.15) is 0 Å². The van der Waals surface area contributed by atoms with Crippen molar-refractivity contribution in [3.05, 3.63) is 0 Å². The number of unbranched alkanes of at least 4 members (excludes halogenated alkanes) is 1. The Bertz CT molecular complexity index is 543. The Morgan fingerprint density at radius 2 is 2.08 bits per heavy atom. The number of hydrogen-bond donors (Lipinski definition) is 3. The molecule has 0 aromatic rings. The molecule has 2 aliphatic rings. The maximum atomic E-state index is 11.9. The summed E-state index contributed by atoms with van der Waals surface area (Å²) in [5, 5.41) is 8.50. The van der Waals surface area contributed by atoms with Gasteiger partial charge in [-0.3, -0.25) is 9.59 Å². The molecule has 2 saturated heterocycles. The number of ether oxygens (including phenoxy) is 2. The third-order valence-corrected chi connectivity index (χ3v) is 5.58. The van der Waals surface area contributed by atoms with Gasteiger partial charge < -0.3 is 25.4 Å². The van der Waals surface area contributed by atoms with Crippen molar-refractivity contribution >= 4 is 35.6 Å². The van der Waals surface area contributed by atoms with Crippen LogP contribution < -0.4 is 16.0 Å². The van der Waals surface area contributed by atoms with Crippen LogP contribution in [0.2, 0.25) is 0 Å². The molecule has 10 heteroatoms. The number of esters is 2. The summed E-state index contributed by atoms with van der Waals surface area (Å²) in [6.07, 6.45) is 1.15. The molecule has 2 rings (SSSR count). The Hall–Kier alpha value is -1.97. The van der Waals surface area contributed by atoms with E-state index in [1.807, 2.05) is 11.8 Å².